The normalized spacial score (nSPS) is 23.7. The fourth-order valence-corrected chi connectivity index (χ4v) is 4.61. The Morgan fingerprint density at radius 2 is 2.03 bits per heavy atom. The third kappa shape index (κ3) is 3.27. The lowest BCUT2D eigenvalue weighted by Gasteiger charge is -2.22. The van der Waals surface area contributed by atoms with Crippen molar-refractivity contribution in [2.45, 2.75) is 30.8 Å². The van der Waals surface area contributed by atoms with Crippen LogP contribution in [0, 0.1) is 0 Å². The SMILES string of the molecule is C=C/C=C\C=C1/CN(Cc2nc(C(=O)NC3CC3)co2)C(=O)C12COc1cc3c(cc12)OCO3. The standard InChI is InChI=1S/C25H23N3O6/c1-2-3-4-5-15-10-28(11-22-27-18(12-31-22)23(29)26-16-6-7-16)24(30)25(15)13-32-19-9-21-20(8-17(19)25)33-14-34-21/h2-5,8-9,12,16H,1,6-7,10-11,13-14H2,(H,26,29)/b4-3-,15-5+. The first kappa shape index (κ1) is 20.6. The molecular weight excluding hydrogens is 438 g/mol. The van der Waals surface area contributed by atoms with Gasteiger partial charge in [-0.25, -0.2) is 4.98 Å². The Balaban J connectivity index is 1.31. The van der Waals surface area contributed by atoms with Gasteiger partial charge in [0.05, 0.1) is 6.54 Å². The predicted octanol–water partition coefficient (Wildman–Crippen LogP) is 2.64. The Labute approximate surface area is 195 Å². The lowest BCUT2D eigenvalue weighted by atomic mass is 9.77. The highest BCUT2D eigenvalue weighted by molar-refractivity contribution is 5.97. The monoisotopic (exact) mass is 461 g/mol. The zero-order chi connectivity index (χ0) is 23.3. The topological polar surface area (TPSA) is 103 Å². The minimum Gasteiger partial charge on any atom is -0.491 e. The van der Waals surface area contributed by atoms with Crippen molar-refractivity contribution in [1.82, 2.24) is 15.2 Å². The summed E-state index contributed by atoms with van der Waals surface area (Å²) in [7, 11) is 0. The van der Waals surface area contributed by atoms with Crippen LogP contribution >= 0.6 is 0 Å². The molecule has 0 bridgehead atoms. The van der Waals surface area contributed by atoms with Gasteiger partial charge in [0.15, 0.2) is 17.2 Å². The number of aromatic nitrogens is 1. The third-order valence-electron chi connectivity index (χ3n) is 6.51. The number of amides is 2. The van der Waals surface area contributed by atoms with Gasteiger partial charge in [-0.1, -0.05) is 30.9 Å². The van der Waals surface area contributed by atoms with E-state index in [4.69, 9.17) is 18.6 Å². The molecule has 1 N–H and O–H groups in total. The number of ether oxygens (including phenoxy) is 3. The number of nitrogens with zero attached hydrogens (tertiary/aromatic N) is 2. The molecule has 0 radical (unpaired) electrons. The molecule has 2 aromatic rings. The number of oxazole rings is 1. The number of fused-ring (bicyclic) bond motifs is 3. The van der Waals surface area contributed by atoms with Crippen molar-refractivity contribution in [3.8, 4) is 17.2 Å². The summed E-state index contributed by atoms with van der Waals surface area (Å²) in [5, 5.41) is 2.89. The van der Waals surface area contributed by atoms with E-state index >= 15 is 0 Å². The van der Waals surface area contributed by atoms with Gasteiger partial charge in [0, 0.05) is 24.2 Å². The maximum atomic E-state index is 13.9. The number of hydrogen-bond acceptors (Lipinski definition) is 7. The van der Waals surface area contributed by atoms with E-state index in [1.165, 1.54) is 6.26 Å². The van der Waals surface area contributed by atoms with Crippen LogP contribution < -0.4 is 19.5 Å². The van der Waals surface area contributed by atoms with Gasteiger partial charge in [-0.15, -0.1) is 0 Å². The highest BCUT2D eigenvalue weighted by atomic mass is 16.7. The molecule has 1 spiro atoms. The number of nitrogens with one attached hydrogen (secondary N) is 1. The van der Waals surface area contributed by atoms with Gasteiger partial charge in [-0.3, -0.25) is 9.59 Å². The molecule has 1 saturated heterocycles. The first-order chi connectivity index (χ1) is 16.6. The van der Waals surface area contributed by atoms with Crippen molar-refractivity contribution >= 4 is 11.8 Å². The first-order valence-electron chi connectivity index (χ1n) is 11.2. The zero-order valence-electron chi connectivity index (χ0n) is 18.4. The van der Waals surface area contributed by atoms with Crippen LogP contribution in [0.1, 0.15) is 34.8 Å². The summed E-state index contributed by atoms with van der Waals surface area (Å²) in [6, 6.07) is 3.84. The van der Waals surface area contributed by atoms with E-state index in [1.807, 2.05) is 24.3 Å². The second kappa shape index (κ2) is 7.79. The molecule has 34 heavy (non-hydrogen) atoms. The molecule has 2 fully saturated rings. The highest BCUT2D eigenvalue weighted by Crippen LogP contribution is 2.52. The van der Waals surface area contributed by atoms with E-state index in [9.17, 15) is 9.59 Å². The molecule has 1 atom stereocenters. The smallest absolute Gasteiger partial charge is 0.273 e. The van der Waals surface area contributed by atoms with Crippen molar-refractivity contribution in [3.63, 3.8) is 0 Å². The van der Waals surface area contributed by atoms with Crippen molar-refractivity contribution in [2.75, 3.05) is 19.9 Å². The maximum absolute atomic E-state index is 13.9. The van der Waals surface area contributed by atoms with Crippen LogP contribution in [-0.2, 0) is 16.8 Å². The van der Waals surface area contributed by atoms with Crippen LogP contribution in [0.2, 0.25) is 0 Å². The number of allylic oxidation sites excluding steroid dienone is 4. The van der Waals surface area contributed by atoms with E-state index in [1.54, 1.807) is 17.0 Å². The van der Waals surface area contributed by atoms with Crippen LogP contribution in [0.25, 0.3) is 0 Å². The second-order valence-electron chi connectivity index (χ2n) is 8.74. The van der Waals surface area contributed by atoms with Gasteiger partial charge in [0.1, 0.15) is 24.0 Å². The van der Waals surface area contributed by atoms with Gasteiger partial charge in [-0.05, 0) is 24.5 Å². The number of carbonyl (C=O) groups is 2. The lowest BCUT2D eigenvalue weighted by molar-refractivity contribution is -0.133. The van der Waals surface area contributed by atoms with Crippen LogP contribution in [0.15, 0.2) is 59.3 Å². The number of hydrogen-bond donors (Lipinski definition) is 1. The van der Waals surface area contributed by atoms with Gasteiger partial charge in [0.2, 0.25) is 18.6 Å². The summed E-state index contributed by atoms with van der Waals surface area (Å²) < 4.78 is 22.6. The molecular formula is C25H23N3O6. The number of benzene rings is 1. The molecule has 4 heterocycles. The van der Waals surface area contributed by atoms with Gasteiger partial charge >= 0.3 is 0 Å². The average molecular weight is 461 g/mol. The molecule has 174 valence electrons. The summed E-state index contributed by atoms with van der Waals surface area (Å²) in [4.78, 5) is 32.1. The number of rotatable bonds is 6. The van der Waals surface area contributed by atoms with Gasteiger partial charge < -0.3 is 28.8 Å². The molecule has 1 aliphatic carbocycles. The fraction of sp³-hybridized carbons (Fsp3) is 0.320. The molecule has 9 heteroatoms. The fourth-order valence-electron chi connectivity index (χ4n) is 4.61. The Morgan fingerprint density at radius 1 is 1.21 bits per heavy atom. The van der Waals surface area contributed by atoms with E-state index in [0.717, 1.165) is 24.0 Å². The Morgan fingerprint density at radius 3 is 2.82 bits per heavy atom. The van der Waals surface area contributed by atoms with Crippen LogP contribution in [0.3, 0.4) is 0 Å². The Kier molecular flexibility index (Phi) is 4.72. The highest BCUT2D eigenvalue weighted by Gasteiger charge is 2.57. The van der Waals surface area contributed by atoms with Crippen LogP contribution in [0.5, 0.6) is 17.2 Å². The quantitative estimate of drug-likeness (QED) is 0.660. The summed E-state index contributed by atoms with van der Waals surface area (Å²) in [5.74, 6) is 1.73. The van der Waals surface area contributed by atoms with E-state index < -0.39 is 5.41 Å². The minimum absolute atomic E-state index is 0.120. The van der Waals surface area contributed by atoms with Crippen molar-refractivity contribution in [1.29, 1.82) is 0 Å². The largest absolute Gasteiger partial charge is 0.491 e. The molecule has 6 rings (SSSR count). The van der Waals surface area contributed by atoms with Gasteiger partial charge in [0.25, 0.3) is 5.91 Å². The zero-order valence-corrected chi connectivity index (χ0v) is 18.4. The molecule has 1 aromatic heterocycles. The maximum Gasteiger partial charge on any atom is 0.273 e. The number of carbonyl (C=O) groups excluding carboxylic acids is 2. The molecule has 3 aliphatic heterocycles. The van der Waals surface area contributed by atoms with Crippen molar-refractivity contribution < 1.29 is 28.2 Å². The summed E-state index contributed by atoms with van der Waals surface area (Å²) in [6.07, 6.45) is 10.6. The summed E-state index contributed by atoms with van der Waals surface area (Å²) in [6.45, 7) is 4.53. The first-order valence-corrected chi connectivity index (χ1v) is 11.2. The molecule has 1 saturated carbocycles. The summed E-state index contributed by atoms with van der Waals surface area (Å²) >= 11 is 0. The van der Waals surface area contributed by atoms with Crippen LogP contribution in [0.4, 0.5) is 0 Å². The average Bonchev–Trinajstić information content (AvgIpc) is 3.19. The van der Waals surface area contributed by atoms with Crippen molar-refractivity contribution in [2.24, 2.45) is 0 Å². The lowest BCUT2D eigenvalue weighted by Crippen LogP contribution is -2.39. The molecule has 2 amide bonds. The molecule has 1 aromatic carbocycles. The third-order valence-corrected chi connectivity index (χ3v) is 6.51. The van der Waals surface area contributed by atoms with E-state index in [0.29, 0.717) is 29.7 Å². The van der Waals surface area contributed by atoms with Crippen LogP contribution in [-0.4, -0.2) is 47.7 Å². The van der Waals surface area contributed by atoms with E-state index in [-0.39, 0.29) is 43.5 Å². The van der Waals surface area contributed by atoms with Gasteiger partial charge in [-0.2, -0.15) is 0 Å². The second-order valence-corrected chi connectivity index (χ2v) is 8.74. The molecule has 1 unspecified atom stereocenters. The minimum atomic E-state index is -0.986. The van der Waals surface area contributed by atoms with E-state index in [2.05, 4.69) is 16.9 Å². The Bertz CT molecular complexity index is 1260. The predicted molar refractivity (Wildman–Crippen MR) is 120 cm³/mol. The molecule has 4 aliphatic rings. The Hall–Kier alpha value is -4.01. The molecule has 9 nitrogen and oxygen atoms in total. The number of likely N-dealkylation sites (tertiary alicyclic amines) is 1. The van der Waals surface area contributed by atoms with Crippen molar-refractivity contribution in [3.05, 3.63) is 72.0 Å². The summed E-state index contributed by atoms with van der Waals surface area (Å²) in [5.41, 5.74) is 0.863.